The molecular formula is C10H12N2O3S. The SMILES string of the molecule is O=S(O)Cc1cccc2ncn(CCO)c12. The highest BCUT2D eigenvalue weighted by atomic mass is 32.2. The van der Waals surface area contributed by atoms with Crippen molar-refractivity contribution in [3.05, 3.63) is 30.1 Å². The molecule has 0 aliphatic heterocycles. The molecule has 0 saturated heterocycles. The fourth-order valence-electron chi connectivity index (χ4n) is 1.73. The summed E-state index contributed by atoms with van der Waals surface area (Å²) < 4.78 is 21.5. The van der Waals surface area contributed by atoms with E-state index >= 15 is 0 Å². The number of para-hydroxylation sites is 1. The molecule has 0 radical (unpaired) electrons. The predicted molar refractivity (Wildman–Crippen MR) is 61.3 cm³/mol. The van der Waals surface area contributed by atoms with Crippen LogP contribution in [0.3, 0.4) is 0 Å². The van der Waals surface area contributed by atoms with E-state index in [0.29, 0.717) is 6.54 Å². The molecule has 16 heavy (non-hydrogen) atoms. The Morgan fingerprint density at radius 1 is 1.44 bits per heavy atom. The van der Waals surface area contributed by atoms with Crippen LogP contribution in [-0.2, 0) is 23.4 Å². The predicted octanol–water partition coefficient (Wildman–Crippen LogP) is 0.750. The fraction of sp³-hybridized carbons (Fsp3) is 0.300. The van der Waals surface area contributed by atoms with Gasteiger partial charge in [-0.15, -0.1) is 0 Å². The summed E-state index contributed by atoms with van der Waals surface area (Å²) >= 11 is -1.87. The van der Waals surface area contributed by atoms with Crippen LogP contribution in [-0.4, -0.2) is 30.0 Å². The van der Waals surface area contributed by atoms with E-state index in [2.05, 4.69) is 4.98 Å². The molecule has 0 bridgehead atoms. The molecule has 2 N–H and O–H groups in total. The monoisotopic (exact) mass is 240 g/mol. The minimum atomic E-state index is -1.87. The van der Waals surface area contributed by atoms with E-state index in [1.54, 1.807) is 23.0 Å². The zero-order chi connectivity index (χ0) is 11.5. The van der Waals surface area contributed by atoms with E-state index in [9.17, 15) is 4.21 Å². The first kappa shape index (κ1) is 11.3. The van der Waals surface area contributed by atoms with Crippen LogP contribution in [0.4, 0.5) is 0 Å². The van der Waals surface area contributed by atoms with E-state index in [-0.39, 0.29) is 12.4 Å². The Labute approximate surface area is 95.0 Å². The third-order valence-electron chi connectivity index (χ3n) is 2.34. The molecule has 86 valence electrons. The summed E-state index contributed by atoms with van der Waals surface area (Å²) in [4.78, 5) is 4.18. The lowest BCUT2D eigenvalue weighted by molar-refractivity contribution is 0.278. The summed E-state index contributed by atoms with van der Waals surface area (Å²) in [5.41, 5.74) is 2.36. The van der Waals surface area contributed by atoms with Gasteiger partial charge in [-0.1, -0.05) is 12.1 Å². The normalized spacial score (nSPS) is 13.1. The van der Waals surface area contributed by atoms with Crippen molar-refractivity contribution in [2.45, 2.75) is 12.3 Å². The van der Waals surface area contributed by atoms with Gasteiger partial charge >= 0.3 is 0 Å². The van der Waals surface area contributed by atoms with Crippen molar-refractivity contribution in [2.75, 3.05) is 6.61 Å². The standard InChI is InChI=1S/C10H12N2O3S/c13-5-4-12-7-11-9-3-1-2-8(10(9)12)6-16(14)15/h1-3,7,13H,4-6H2,(H,14,15). The van der Waals surface area contributed by atoms with E-state index in [0.717, 1.165) is 16.6 Å². The van der Waals surface area contributed by atoms with Crippen LogP contribution in [0.5, 0.6) is 0 Å². The molecule has 5 nitrogen and oxygen atoms in total. The van der Waals surface area contributed by atoms with Crippen molar-refractivity contribution in [2.24, 2.45) is 0 Å². The van der Waals surface area contributed by atoms with Gasteiger partial charge < -0.3 is 14.2 Å². The molecule has 1 aromatic carbocycles. The number of fused-ring (bicyclic) bond motifs is 1. The molecule has 0 aliphatic carbocycles. The Balaban J connectivity index is 2.54. The van der Waals surface area contributed by atoms with Gasteiger partial charge in [-0.25, -0.2) is 9.19 Å². The van der Waals surface area contributed by atoms with Crippen molar-refractivity contribution >= 4 is 22.1 Å². The average molecular weight is 240 g/mol. The third kappa shape index (κ3) is 2.13. The van der Waals surface area contributed by atoms with Crippen LogP contribution in [0.25, 0.3) is 11.0 Å². The molecule has 2 aromatic rings. The van der Waals surface area contributed by atoms with Gasteiger partial charge in [0.15, 0.2) is 11.1 Å². The van der Waals surface area contributed by atoms with Crippen LogP contribution < -0.4 is 0 Å². The van der Waals surface area contributed by atoms with Crippen molar-refractivity contribution in [3.8, 4) is 0 Å². The molecule has 6 heteroatoms. The molecule has 0 amide bonds. The molecule has 0 aliphatic rings. The first-order valence-corrected chi connectivity index (χ1v) is 6.11. The van der Waals surface area contributed by atoms with Gasteiger partial charge in [-0.3, -0.25) is 0 Å². The van der Waals surface area contributed by atoms with E-state index < -0.39 is 11.1 Å². The minimum Gasteiger partial charge on any atom is -0.395 e. The second kappa shape index (κ2) is 4.73. The third-order valence-corrected chi connectivity index (χ3v) is 2.90. The highest BCUT2D eigenvalue weighted by molar-refractivity contribution is 7.78. The van der Waals surface area contributed by atoms with Gasteiger partial charge in [0.2, 0.25) is 0 Å². The van der Waals surface area contributed by atoms with Crippen molar-refractivity contribution < 1.29 is 13.9 Å². The maximum absolute atomic E-state index is 10.8. The average Bonchev–Trinajstić information content (AvgIpc) is 2.62. The molecule has 1 unspecified atom stereocenters. The Morgan fingerprint density at radius 2 is 2.25 bits per heavy atom. The molecule has 0 spiro atoms. The number of hydrogen-bond donors (Lipinski definition) is 2. The summed E-state index contributed by atoms with van der Waals surface area (Å²) in [5.74, 6) is 0.0778. The number of aliphatic hydroxyl groups is 1. The zero-order valence-corrected chi connectivity index (χ0v) is 9.35. The van der Waals surface area contributed by atoms with Crippen LogP contribution >= 0.6 is 0 Å². The number of benzene rings is 1. The maximum Gasteiger partial charge on any atom is 0.157 e. The lowest BCUT2D eigenvalue weighted by Gasteiger charge is -2.05. The van der Waals surface area contributed by atoms with Crippen LogP contribution in [0.1, 0.15) is 5.56 Å². The van der Waals surface area contributed by atoms with Gasteiger partial charge in [0.05, 0.1) is 29.7 Å². The van der Waals surface area contributed by atoms with Crippen molar-refractivity contribution in [1.29, 1.82) is 0 Å². The first-order valence-electron chi connectivity index (χ1n) is 4.83. The number of rotatable bonds is 4. The van der Waals surface area contributed by atoms with Crippen molar-refractivity contribution in [1.82, 2.24) is 9.55 Å². The Hall–Kier alpha value is -1.24. The van der Waals surface area contributed by atoms with Crippen LogP contribution in [0, 0.1) is 0 Å². The van der Waals surface area contributed by atoms with Crippen molar-refractivity contribution in [3.63, 3.8) is 0 Å². The minimum absolute atomic E-state index is 0.0159. The largest absolute Gasteiger partial charge is 0.395 e. The Bertz CT molecular complexity index is 524. The maximum atomic E-state index is 10.8. The Kier molecular flexibility index (Phi) is 3.33. The second-order valence-corrected chi connectivity index (χ2v) is 4.34. The molecule has 1 atom stereocenters. The highest BCUT2D eigenvalue weighted by Gasteiger charge is 2.09. The summed E-state index contributed by atoms with van der Waals surface area (Å²) in [6.45, 7) is 0.452. The molecule has 0 saturated carbocycles. The van der Waals surface area contributed by atoms with Crippen LogP contribution in [0.2, 0.25) is 0 Å². The molecule has 0 fully saturated rings. The Morgan fingerprint density at radius 3 is 2.94 bits per heavy atom. The number of nitrogens with zero attached hydrogens (tertiary/aromatic N) is 2. The van der Waals surface area contributed by atoms with E-state index in [1.807, 2.05) is 6.07 Å². The zero-order valence-electron chi connectivity index (χ0n) is 8.54. The summed E-state index contributed by atoms with van der Waals surface area (Å²) in [6.07, 6.45) is 1.63. The number of hydrogen-bond acceptors (Lipinski definition) is 3. The molecular weight excluding hydrogens is 228 g/mol. The molecule has 1 aromatic heterocycles. The van der Waals surface area contributed by atoms with E-state index in [1.165, 1.54) is 0 Å². The lowest BCUT2D eigenvalue weighted by atomic mass is 10.2. The van der Waals surface area contributed by atoms with Gasteiger partial charge in [-0.05, 0) is 11.6 Å². The van der Waals surface area contributed by atoms with Gasteiger partial charge in [0.25, 0.3) is 0 Å². The van der Waals surface area contributed by atoms with Gasteiger partial charge in [-0.2, -0.15) is 0 Å². The summed E-state index contributed by atoms with van der Waals surface area (Å²) in [7, 11) is 0. The lowest BCUT2D eigenvalue weighted by Crippen LogP contribution is -2.03. The number of aliphatic hydroxyl groups excluding tert-OH is 1. The first-order chi connectivity index (χ1) is 7.72. The fourth-order valence-corrected chi connectivity index (χ4v) is 2.23. The molecule has 1 heterocycles. The topological polar surface area (TPSA) is 75.3 Å². The summed E-state index contributed by atoms with van der Waals surface area (Å²) in [6, 6.07) is 5.44. The summed E-state index contributed by atoms with van der Waals surface area (Å²) in [5, 5.41) is 8.91. The van der Waals surface area contributed by atoms with Gasteiger partial charge in [0.1, 0.15) is 0 Å². The van der Waals surface area contributed by atoms with Crippen LogP contribution in [0.15, 0.2) is 24.5 Å². The number of imidazole rings is 1. The highest BCUT2D eigenvalue weighted by Crippen LogP contribution is 2.19. The van der Waals surface area contributed by atoms with Gasteiger partial charge in [0, 0.05) is 6.54 Å². The smallest absolute Gasteiger partial charge is 0.157 e. The quantitative estimate of drug-likeness (QED) is 0.773. The molecule has 2 rings (SSSR count). The number of aromatic nitrogens is 2. The second-order valence-electron chi connectivity index (χ2n) is 3.41. The van der Waals surface area contributed by atoms with E-state index in [4.69, 9.17) is 9.66 Å².